The van der Waals surface area contributed by atoms with Crippen molar-refractivity contribution in [3.63, 3.8) is 0 Å². The maximum absolute atomic E-state index is 12.4. The van der Waals surface area contributed by atoms with Gasteiger partial charge in [0.05, 0.1) is 10.7 Å². The number of hydrogen-bond acceptors (Lipinski definition) is 3. The summed E-state index contributed by atoms with van der Waals surface area (Å²) in [6, 6.07) is 7.20. The van der Waals surface area contributed by atoms with Crippen LogP contribution in [0.5, 0.6) is 0 Å². The average Bonchev–Trinajstić information content (AvgIpc) is 2.42. The second kappa shape index (κ2) is 5.69. The van der Waals surface area contributed by atoms with Gasteiger partial charge in [0, 0.05) is 7.11 Å². The number of benzene rings is 1. The number of ether oxygens (including phenoxy) is 1. The second-order valence-electron chi connectivity index (χ2n) is 4.38. The molecule has 5 heteroatoms. The van der Waals surface area contributed by atoms with Crippen LogP contribution in [-0.4, -0.2) is 31.7 Å². The standard InChI is InChI=1S/C13H17ClN2O2/c1-18-13(6-8-15-9-7-13)12(17)16-11-5-3-2-4-10(11)14/h2-5,15H,6-9H2,1H3,(H,16,17). The third-order valence-corrected chi connectivity index (χ3v) is 3.67. The monoisotopic (exact) mass is 268 g/mol. The van der Waals surface area contributed by atoms with E-state index in [-0.39, 0.29) is 5.91 Å². The molecule has 0 unspecified atom stereocenters. The Labute approximate surface area is 112 Å². The number of methoxy groups -OCH3 is 1. The molecule has 1 aliphatic rings. The molecular formula is C13H17ClN2O2. The van der Waals surface area contributed by atoms with E-state index in [1.807, 2.05) is 12.1 Å². The third kappa shape index (κ3) is 2.66. The molecule has 0 radical (unpaired) electrons. The molecule has 1 fully saturated rings. The fraction of sp³-hybridized carbons (Fsp3) is 0.462. The summed E-state index contributed by atoms with van der Waals surface area (Å²) in [6.45, 7) is 1.56. The first kappa shape index (κ1) is 13.3. The molecule has 18 heavy (non-hydrogen) atoms. The number of anilines is 1. The van der Waals surface area contributed by atoms with Crippen molar-refractivity contribution in [2.45, 2.75) is 18.4 Å². The Bertz CT molecular complexity index is 431. The third-order valence-electron chi connectivity index (χ3n) is 3.34. The van der Waals surface area contributed by atoms with Crippen LogP contribution in [0.4, 0.5) is 5.69 Å². The highest BCUT2D eigenvalue weighted by atomic mass is 35.5. The lowest BCUT2D eigenvalue weighted by molar-refractivity contribution is -0.140. The molecule has 0 saturated carbocycles. The SMILES string of the molecule is COC1(C(=O)Nc2ccccc2Cl)CCNCC1. The zero-order valence-electron chi connectivity index (χ0n) is 10.3. The Kier molecular flexibility index (Phi) is 4.22. The molecule has 1 heterocycles. The number of para-hydroxylation sites is 1. The minimum absolute atomic E-state index is 0.125. The topological polar surface area (TPSA) is 50.4 Å². The van der Waals surface area contributed by atoms with E-state index in [0.717, 1.165) is 13.1 Å². The number of piperidine rings is 1. The van der Waals surface area contributed by atoms with Crippen LogP contribution in [-0.2, 0) is 9.53 Å². The lowest BCUT2D eigenvalue weighted by atomic mass is 9.91. The lowest BCUT2D eigenvalue weighted by Gasteiger charge is -2.34. The first-order valence-corrected chi connectivity index (χ1v) is 6.38. The van der Waals surface area contributed by atoms with Crippen molar-refractivity contribution in [1.29, 1.82) is 0 Å². The molecule has 1 aromatic rings. The molecule has 2 N–H and O–H groups in total. The van der Waals surface area contributed by atoms with E-state index in [1.54, 1.807) is 19.2 Å². The number of amides is 1. The highest BCUT2D eigenvalue weighted by Gasteiger charge is 2.39. The Morgan fingerprint density at radius 3 is 2.67 bits per heavy atom. The normalized spacial score (nSPS) is 18.3. The maximum Gasteiger partial charge on any atom is 0.256 e. The zero-order chi connectivity index (χ0) is 13.0. The van der Waals surface area contributed by atoms with Gasteiger partial charge >= 0.3 is 0 Å². The summed E-state index contributed by atoms with van der Waals surface area (Å²) >= 11 is 6.03. The molecule has 1 aliphatic heterocycles. The van der Waals surface area contributed by atoms with Gasteiger partial charge in [0.2, 0.25) is 0 Å². The first-order valence-electron chi connectivity index (χ1n) is 6.00. The molecule has 0 aromatic heterocycles. The fourth-order valence-corrected chi connectivity index (χ4v) is 2.34. The van der Waals surface area contributed by atoms with E-state index in [4.69, 9.17) is 16.3 Å². The van der Waals surface area contributed by atoms with Gasteiger partial charge in [-0.2, -0.15) is 0 Å². The van der Waals surface area contributed by atoms with Gasteiger partial charge in [-0.15, -0.1) is 0 Å². The highest BCUT2D eigenvalue weighted by molar-refractivity contribution is 6.33. The van der Waals surface area contributed by atoms with Crippen molar-refractivity contribution < 1.29 is 9.53 Å². The van der Waals surface area contributed by atoms with Crippen molar-refractivity contribution in [3.8, 4) is 0 Å². The van der Waals surface area contributed by atoms with Crippen LogP contribution in [0.3, 0.4) is 0 Å². The van der Waals surface area contributed by atoms with Gasteiger partial charge in [0.15, 0.2) is 0 Å². The van der Waals surface area contributed by atoms with Crippen molar-refractivity contribution in [3.05, 3.63) is 29.3 Å². The molecule has 1 aromatic carbocycles. The van der Waals surface area contributed by atoms with Crippen molar-refractivity contribution in [2.24, 2.45) is 0 Å². The summed E-state index contributed by atoms with van der Waals surface area (Å²) in [4.78, 5) is 12.4. The molecule has 0 bridgehead atoms. The first-order chi connectivity index (χ1) is 8.68. The van der Waals surface area contributed by atoms with Crippen LogP contribution in [0.2, 0.25) is 5.02 Å². The Balaban J connectivity index is 2.13. The summed E-state index contributed by atoms with van der Waals surface area (Å²) in [6.07, 6.45) is 1.33. The molecular weight excluding hydrogens is 252 g/mol. The second-order valence-corrected chi connectivity index (χ2v) is 4.79. The number of rotatable bonds is 3. The smallest absolute Gasteiger partial charge is 0.256 e. The van der Waals surface area contributed by atoms with Crippen molar-refractivity contribution in [2.75, 3.05) is 25.5 Å². The van der Waals surface area contributed by atoms with Crippen LogP contribution in [0.1, 0.15) is 12.8 Å². The summed E-state index contributed by atoms with van der Waals surface area (Å²) in [5.74, 6) is -0.125. The Morgan fingerprint density at radius 2 is 2.06 bits per heavy atom. The molecule has 2 rings (SSSR count). The Morgan fingerprint density at radius 1 is 1.39 bits per heavy atom. The molecule has 98 valence electrons. The molecule has 1 saturated heterocycles. The minimum atomic E-state index is -0.746. The van der Waals surface area contributed by atoms with Crippen LogP contribution < -0.4 is 10.6 Å². The van der Waals surface area contributed by atoms with E-state index in [1.165, 1.54) is 0 Å². The maximum atomic E-state index is 12.4. The minimum Gasteiger partial charge on any atom is -0.368 e. The predicted octanol–water partition coefficient (Wildman–Crippen LogP) is 2.05. The van der Waals surface area contributed by atoms with Gasteiger partial charge < -0.3 is 15.4 Å². The highest BCUT2D eigenvalue weighted by Crippen LogP contribution is 2.27. The molecule has 0 spiro atoms. The van der Waals surface area contributed by atoms with E-state index < -0.39 is 5.60 Å². The quantitative estimate of drug-likeness (QED) is 0.882. The van der Waals surface area contributed by atoms with Crippen LogP contribution >= 0.6 is 11.6 Å². The zero-order valence-corrected chi connectivity index (χ0v) is 11.1. The summed E-state index contributed by atoms with van der Waals surface area (Å²) < 4.78 is 5.46. The number of carbonyl (C=O) groups excluding carboxylic acids is 1. The lowest BCUT2D eigenvalue weighted by Crippen LogP contribution is -2.51. The summed E-state index contributed by atoms with van der Waals surface area (Å²) in [5.41, 5.74) is -0.121. The molecule has 1 amide bonds. The number of carbonyl (C=O) groups is 1. The molecule has 4 nitrogen and oxygen atoms in total. The fourth-order valence-electron chi connectivity index (χ4n) is 2.15. The van der Waals surface area contributed by atoms with Gasteiger partial charge in [0.1, 0.15) is 5.60 Å². The average molecular weight is 269 g/mol. The van der Waals surface area contributed by atoms with Crippen LogP contribution in [0.25, 0.3) is 0 Å². The number of hydrogen-bond donors (Lipinski definition) is 2. The van der Waals surface area contributed by atoms with E-state index in [2.05, 4.69) is 10.6 Å². The van der Waals surface area contributed by atoms with Crippen LogP contribution in [0.15, 0.2) is 24.3 Å². The molecule has 0 atom stereocenters. The number of halogens is 1. The van der Waals surface area contributed by atoms with Crippen molar-refractivity contribution in [1.82, 2.24) is 5.32 Å². The van der Waals surface area contributed by atoms with Gasteiger partial charge in [-0.3, -0.25) is 4.79 Å². The van der Waals surface area contributed by atoms with E-state index in [0.29, 0.717) is 23.6 Å². The number of nitrogens with one attached hydrogen (secondary N) is 2. The van der Waals surface area contributed by atoms with Gasteiger partial charge in [-0.05, 0) is 38.1 Å². The predicted molar refractivity (Wildman–Crippen MR) is 71.9 cm³/mol. The van der Waals surface area contributed by atoms with E-state index in [9.17, 15) is 4.79 Å². The van der Waals surface area contributed by atoms with Gasteiger partial charge in [-0.1, -0.05) is 23.7 Å². The van der Waals surface area contributed by atoms with Crippen LogP contribution in [0, 0.1) is 0 Å². The van der Waals surface area contributed by atoms with Crippen molar-refractivity contribution >= 4 is 23.2 Å². The van der Waals surface area contributed by atoms with Gasteiger partial charge in [-0.25, -0.2) is 0 Å². The van der Waals surface area contributed by atoms with Gasteiger partial charge in [0.25, 0.3) is 5.91 Å². The summed E-state index contributed by atoms with van der Waals surface area (Å²) in [7, 11) is 1.58. The Hall–Kier alpha value is -1.10. The van der Waals surface area contributed by atoms with E-state index >= 15 is 0 Å². The molecule has 0 aliphatic carbocycles. The summed E-state index contributed by atoms with van der Waals surface area (Å²) in [5, 5.41) is 6.60. The largest absolute Gasteiger partial charge is 0.368 e.